The normalized spacial score (nSPS) is 10.6. The highest BCUT2D eigenvalue weighted by atomic mass is 16.5. The van der Waals surface area contributed by atoms with Crippen LogP contribution in [0, 0.1) is 11.3 Å². The van der Waals surface area contributed by atoms with Gasteiger partial charge >= 0.3 is 0 Å². The van der Waals surface area contributed by atoms with Gasteiger partial charge in [0.15, 0.2) is 0 Å². The molecule has 4 aromatic carbocycles. The number of benzene rings is 4. The minimum atomic E-state index is -0.737. The topological polar surface area (TPSA) is 160 Å². The molecule has 0 spiro atoms. The smallest absolute Gasteiger partial charge is 0.256 e. The van der Waals surface area contributed by atoms with Crippen molar-refractivity contribution in [2.24, 2.45) is 17.4 Å². The molecule has 0 unspecified atom stereocenters. The number of nitrogens with two attached hydrogens (primary N) is 2. The Balaban J connectivity index is 1.72. The van der Waals surface area contributed by atoms with Crippen LogP contribution >= 0.6 is 0 Å². The molecule has 0 aliphatic heterocycles. The number of carbonyl (C=O) groups is 3. The van der Waals surface area contributed by atoms with E-state index in [9.17, 15) is 14.4 Å². The third-order valence-corrected chi connectivity index (χ3v) is 6.45. The van der Waals surface area contributed by atoms with Crippen LogP contribution in [-0.4, -0.2) is 30.1 Å². The highest BCUT2D eigenvalue weighted by Crippen LogP contribution is 2.32. The van der Waals surface area contributed by atoms with Crippen LogP contribution in [0.2, 0.25) is 0 Å². The number of nitrogens with one attached hydrogen (secondary N) is 3. The summed E-state index contributed by atoms with van der Waals surface area (Å²) in [5, 5.41) is 13.3. The van der Waals surface area contributed by atoms with E-state index in [1.54, 1.807) is 54.6 Å². The van der Waals surface area contributed by atoms with Gasteiger partial charge in [-0.15, -0.1) is 0 Å². The number of amidine groups is 1. The molecule has 9 heteroatoms. The molecule has 3 amide bonds. The molecule has 0 aliphatic rings. The lowest BCUT2D eigenvalue weighted by atomic mass is 9.92. The molecule has 0 radical (unpaired) electrons. The summed E-state index contributed by atoms with van der Waals surface area (Å²) in [5.41, 5.74) is 14.7. The van der Waals surface area contributed by atoms with Crippen molar-refractivity contribution in [3.8, 4) is 16.9 Å². The standard InChI is InChI=1S/C33H33N5O4/c1-20(2)18-37-32(40)23-10-14-26(28(16-23)31(36)39)27-15-13-25(42-19-21-6-4-3-5-7-21)17-29(27)33(41)38-24-11-8-22(9-12-24)30(34)35/h3-17,20H,18-19H2,1-2H3,(H3,34,35)(H2,36,39)(H,37,40)(H,38,41). The van der Waals surface area contributed by atoms with Gasteiger partial charge in [-0.25, -0.2) is 0 Å². The van der Waals surface area contributed by atoms with Gasteiger partial charge in [-0.05, 0) is 77.2 Å². The molecular formula is C33H33N5O4. The summed E-state index contributed by atoms with van der Waals surface area (Å²) >= 11 is 0. The van der Waals surface area contributed by atoms with E-state index in [1.807, 2.05) is 44.2 Å². The van der Waals surface area contributed by atoms with Crippen LogP contribution in [0.1, 0.15) is 56.0 Å². The maximum absolute atomic E-state index is 13.6. The van der Waals surface area contributed by atoms with Crippen LogP contribution in [-0.2, 0) is 6.61 Å². The lowest BCUT2D eigenvalue weighted by Crippen LogP contribution is -2.27. The minimum absolute atomic E-state index is 0.0845. The molecular weight excluding hydrogens is 530 g/mol. The van der Waals surface area contributed by atoms with E-state index in [0.29, 0.717) is 41.3 Å². The summed E-state index contributed by atoms with van der Waals surface area (Å²) < 4.78 is 5.98. The Labute approximate surface area is 244 Å². The molecule has 0 fully saturated rings. The van der Waals surface area contributed by atoms with Gasteiger partial charge in [-0.3, -0.25) is 19.8 Å². The number of nitrogen functional groups attached to an aromatic ring is 1. The van der Waals surface area contributed by atoms with Gasteiger partial charge in [-0.2, -0.15) is 0 Å². The lowest BCUT2D eigenvalue weighted by molar-refractivity contribution is 0.0948. The van der Waals surface area contributed by atoms with Gasteiger partial charge in [0.2, 0.25) is 5.91 Å². The summed E-state index contributed by atoms with van der Waals surface area (Å²) in [6.07, 6.45) is 0. The summed E-state index contributed by atoms with van der Waals surface area (Å²) in [5.74, 6) is -0.900. The molecule has 0 saturated carbocycles. The summed E-state index contributed by atoms with van der Waals surface area (Å²) in [4.78, 5) is 38.9. The van der Waals surface area contributed by atoms with Crippen molar-refractivity contribution < 1.29 is 19.1 Å². The van der Waals surface area contributed by atoms with E-state index in [4.69, 9.17) is 21.6 Å². The van der Waals surface area contributed by atoms with Gasteiger partial charge in [0, 0.05) is 28.9 Å². The zero-order chi connectivity index (χ0) is 30.2. The highest BCUT2D eigenvalue weighted by molar-refractivity contribution is 6.12. The predicted molar refractivity (Wildman–Crippen MR) is 164 cm³/mol. The first-order valence-corrected chi connectivity index (χ1v) is 13.4. The van der Waals surface area contributed by atoms with Gasteiger partial charge in [0.25, 0.3) is 11.8 Å². The number of hydrogen-bond donors (Lipinski definition) is 5. The van der Waals surface area contributed by atoms with Gasteiger partial charge in [0.05, 0.1) is 5.56 Å². The van der Waals surface area contributed by atoms with Crippen molar-refractivity contribution in [2.45, 2.75) is 20.5 Å². The molecule has 0 aliphatic carbocycles. The van der Waals surface area contributed by atoms with Crippen molar-refractivity contribution in [3.63, 3.8) is 0 Å². The molecule has 0 aromatic heterocycles. The fraction of sp³-hybridized carbons (Fsp3) is 0.152. The van der Waals surface area contributed by atoms with Gasteiger partial charge in [0.1, 0.15) is 18.2 Å². The molecule has 4 rings (SSSR count). The molecule has 0 atom stereocenters. The first kappa shape index (κ1) is 29.5. The average Bonchev–Trinajstić information content (AvgIpc) is 2.99. The van der Waals surface area contributed by atoms with Crippen LogP contribution in [0.4, 0.5) is 5.69 Å². The number of ether oxygens (including phenoxy) is 1. The number of anilines is 1. The fourth-order valence-electron chi connectivity index (χ4n) is 4.23. The van der Waals surface area contributed by atoms with Crippen LogP contribution < -0.4 is 26.8 Å². The van der Waals surface area contributed by atoms with Gasteiger partial charge in [-0.1, -0.05) is 50.2 Å². The summed E-state index contributed by atoms with van der Waals surface area (Å²) in [6.45, 7) is 4.74. The quantitative estimate of drug-likeness (QED) is 0.129. The molecule has 9 nitrogen and oxygen atoms in total. The number of amides is 3. The first-order valence-electron chi connectivity index (χ1n) is 13.4. The Kier molecular flexibility index (Phi) is 9.34. The van der Waals surface area contributed by atoms with Crippen LogP contribution in [0.5, 0.6) is 5.75 Å². The Morgan fingerprint density at radius 2 is 1.43 bits per heavy atom. The molecule has 0 saturated heterocycles. The van der Waals surface area contributed by atoms with E-state index < -0.39 is 11.8 Å². The largest absolute Gasteiger partial charge is 0.489 e. The Hall–Kier alpha value is -5.44. The Morgan fingerprint density at radius 1 is 0.786 bits per heavy atom. The Morgan fingerprint density at radius 3 is 2.07 bits per heavy atom. The van der Waals surface area contributed by atoms with E-state index in [0.717, 1.165) is 5.56 Å². The Bertz CT molecular complexity index is 1620. The predicted octanol–water partition coefficient (Wildman–Crippen LogP) is 4.95. The number of rotatable bonds is 11. The number of carbonyl (C=O) groups excluding carboxylic acids is 3. The van der Waals surface area contributed by atoms with Crippen molar-refractivity contribution in [1.82, 2.24) is 5.32 Å². The average molecular weight is 564 g/mol. The molecule has 0 bridgehead atoms. The van der Waals surface area contributed by atoms with Crippen LogP contribution in [0.25, 0.3) is 11.1 Å². The van der Waals surface area contributed by atoms with Crippen LogP contribution in [0.3, 0.4) is 0 Å². The van der Waals surface area contributed by atoms with E-state index in [1.165, 1.54) is 6.07 Å². The molecule has 4 aromatic rings. The second-order valence-corrected chi connectivity index (χ2v) is 10.2. The zero-order valence-electron chi connectivity index (χ0n) is 23.4. The molecule has 7 N–H and O–H groups in total. The van der Waals surface area contributed by atoms with E-state index in [-0.39, 0.29) is 34.4 Å². The third kappa shape index (κ3) is 7.39. The fourth-order valence-corrected chi connectivity index (χ4v) is 4.23. The highest BCUT2D eigenvalue weighted by Gasteiger charge is 2.21. The van der Waals surface area contributed by atoms with E-state index >= 15 is 0 Å². The summed E-state index contributed by atoms with van der Waals surface area (Å²) in [6, 6.07) is 25.8. The minimum Gasteiger partial charge on any atom is -0.489 e. The summed E-state index contributed by atoms with van der Waals surface area (Å²) in [7, 11) is 0. The molecule has 214 valence electrons. The maximum Gasteiger partial charge on any atom is 0.256 e. The van der Waals surface area contributed by atoms with Gasteiger partial charge < -0.3 is 26.8 Å². The number of primary amides is 1. The first-order chi connectivity index (χ1) is 20.1. The van der Waals surface area contributed by atoms with Crippen molar-refractivity contribution >= 4 is 29.2 Å². The van der Waals surface area contributed by atoms with E-state index in [2.05, 4.69) is 10.6 Å². The van der Waals surface area contributed by atoms with Crippen LogP contribution in [0.15, 0.2) is 91.0 Å². The van der Waals surface area contributed by atoms with Crippen molar-refractivity contribution in [3.05, 3.63) is 119 Å². The number of hydrogen-bond acceptors (Lipinski definition) is 5. The third-order valence-electron chi connectivity index (χ3n) is 6.45. The van der Waals surface area contributed by atoms with Crippen molar-refractivity contribution in [2.75, 3.05) is 11.9 Å². The molecule has 42 heavy (non-hydrogen) atoms. The van der Waals surface area contributed by atoms with Crippen molar-refractivity contribution in [1.29, 1.82) is 5.41 Å². The SMILES string of the molecule is CC(C)CNC(=O)c1ccc(-c2ccc(OCc3ccccc3)cc2C(=O)Nc2ccc(C(=N)N)cc2)c(C(N)=O)c1. The molecule has 0 heterocycles. The second-order valence-electron chi connectivity index (χ2n) is 10.2. The monoisotopic (exact) mass is 563 g/mol. The zero-order valence-corrected chi connectivity index (χ0v) is 23.4. The lowest BCUT2D eigenvalue weighted by Gasteiger charge is -2.16. The second kappa shape index (κ2) is 13.3. The maximum atomic E-state index is 13.6.